The average molecular weight is 168 g/mol. The fourth-order valence-corrected chi connectivity index (χ4v) is 1.32. The minimum Gasteiger partial charge on any atom is -0.370 e. The number of nitrogens with zero attached hydrogens (tertiary/aromatic N) is 1. The summed E-state index contributed by atoms with van der Waals surface area (Å²) < 4.78 is 0. The van der Waals surface area contributed by atoms with Crippen LogP contribution in [0.15, 0.2) is 24.0 Å². The van der Waals surface area contributed by atoms with Crippen LogP contribution in [0.25, 0.3) is 0 Å². The Morgan fingerprint density at radius 1 is 1.67 bits per heavy atom. The molecule has 0 amide bonds. The maximum atomic E-state index is 5.09. The van der Waals surface area contributed by atoms with Gasteiger partial charge in [0.1, 0.15) is 5.82 Å². The second-order valence-corrected chi connectivity index (χ2v) is 2.79. The van der Waals surface area contributed by atoms with Crippen LogP contribution in [-0.4, -0.2) is 25.8 Å². The lowest BCUT2D eigenvalue weighted by molar-refractivity contribution is -0.0847. The summed E-state index contributed by atoms with van der Waals surface area (Å²) in [6.45, 7) is 4.79. The molecule has 0 bridgehead atoms. The predicted molar refractivity (Wildman–Crippen MR) is 49.2 cm³/mol. The number of nitrogens with one attached hydrogen (secondary N) is 1. The van der Waals surface area contributed by atoms with Crippen molar-refractivity contribution in [1.29, 1.82) is 0 Å². The summed E-state index contributed by atoms with van der Waals surface area (Å²) in [5.41, 5.74) is 1.23. The van der Waals surface area contributed by atoms with Crippen molar-refractivity contribution in [2.24, 2.45) is 0 Å². The Morgan fingerprint density at radius 2 is 2.42 bits per heavy atom. The van der Waals surface area contributed by atoms with Crippen LogP contribution in [0, 0.1) is 0 Å². The van der Waals surface area contributed by atoms with Gasteiger partial charge in [-0.3, -0.25) is 4.84 Å². The smallest absolute Gasteiger partial charge is 0.129 e. The van der Waals surface area contributed by atoms with Gasteiger partial charge in [0.2, 0.25) is 0 Å². The van der Waals surface area contributed by atoms with Crippen molar-refractivity contribution in [1.82, 2.24) is 10.4 Å². The monoisotopic (exact) mass is 168 g/mol. The Labute approximate surface area is 73.7 Å². The molecule has 0 unspecified atom stereocenters. The molecule has 3 heteroatoms. The van der Waals surface area contributed by atoms with Gasteiger partial charge in [0.15, 0.2) is 0 Å². The molecule has 0 fully saturated rings. The lowest BCUT2D eigenvalue weighted by Gasteiger charge is -2.27. The molecule has 1 rings (SSSR count). The summed E-state index contributed by atoms with van der Waals surface area (Å²) in [7, 11) is 3.54. The second-order valence-electron chi connectivity index (χ2n) is 2.79. The molecule has 1 aliphatic rings. The van der Waals surface area contributed by atoms with Gasteiger partial charge in [0, 0.05) is 13.6 Å². The van der Waals surface area contributed by atoms with E-state index in [1.807, 2.05) is 13.1 Å². The molecule has 1 aliphatic heterocycles. The first-order valence-corrected chi connectivity index (χ1v) is 4.17. The Balaban J connectivity index is 2.79. The molecule has 0 saturated carbocycles. The van der Waals surface area contributed by atoms with Crippen molar-refractivity contribution in [2.75, 3.05) is 20.7 Å². The van der Waals surface area contributed by atoms with Crippen molar-refractivity contribution < 1.29 is 4.84 Å². The van der Waals surface area contributed by atoms with Gasteiger partial charge >= 0.3 is 0 Å². The summed E-state index contributed by atoms with van der Waals surface area (Å²) >= 11 is 0. The maximum absolute atomic E-state index is 5.09. The van der Waals surface area contributed by atoms with E-state index in [0.29, 0.717) is 0 Å². The standard InChI is InChI=1S/C9H16N2O/c1-4-8-6-5-7-10-9(8)11(2)12-3/h4,10H,1,5-7H2,2-3H3. The van der Waals surface area contributed by atoms with E-state index in [9.17, 15) is 0 Å². The van der Waals surface area contributed by atoms with E-state index in [1.165, 1.54) is 12.0 Å². The highest BCUT2D eigenvalue weighted by Crippen LogP contribution is 2.17. The molecule has 1 heterocycles. The zero-order valence-electron chi connectivity index (χ0n) is 7.76. The quantitative estimate of drug-likeness (QED) is 0.642. The van der Waals surface area contributed by atoms with Crippen molar-refractivity contribution >= 4 is 0 Å². The van der Waals surface area contributed by atoms with Crippen LogP contribution < -0.4 is 5.32 Å². The number of hydrogen-bond donors (Lipinski definition) is 1. The fraction of sp³-hybridized carbons (Fsp3) is 0.556. The fourth-order valence-electron chi connectivity index (χ4n) is 1.32. The van der Waals surface area contributed by atoms with E-state index in [1.54, 1.807) is 12.2 Å². The van der Waals surface area contributed by atoms with E-state index in [0.717, 1.165) is 18.8 Å². The first-order chi connectivity index (χ1) is 5.79. The minimum absolute atomic E-state index is 1.01. The predicted octanol–water partition coefficient (Wildman–Crippen LogP) is 1.26. The van der Waals surface area contributed by atoms with E-state index in [-0.39, 0.29) is 0 Å². The molecular formula is C9H16N2O. The highest BCUT2D eigenvalue weighted by atomic mass is 16.7. The van der Waals surface area contributed by atoms with Crippen molar-refractivity contribution in [3.8, 4) is 0 Å². The summed E-state index contributed by atoms with van der Waals surface area (Å²) in [5.74, 6) is 1.04. The van der Waals surface area contributed by atoms with E-state index in [2.05, 4.69) is 11.9 Å². The topological polar surface area (TPSA) is 24.5 Å². The minimum atomic E-state index is 1.01. The number of allylic oxidation sites excluding steroid dienone is 2. The molecule has 0 saturated heterocycles. The molecule has 0 aromatic rings. The SMILES string of the molecule is C=CC1=C(N(C)OC)NCCC1. The number of hydrogen-bond acceptors (Lipinski definition) is 3. The summed E-state index contributed by atoms with van der Waals surface area (Å²) in [5, 5.41) is 5.01. The summed E-state index contributed by atoms with van der Waals surface area (Å²) in [6.07, 6.45) is 4.14. The normalized spacial score (nSPS) is 17.2. The molecule has 0 aromatic heterocycles. The molecule has 1 N–H and O–H groups in total. The molecule has 0 radical (unpaired) electrons. The van der Waals surface area contributed by atoms with E-state index in [4.69, 9.17) is 4.84 Å². The average Bonchev–Trinajstić information content (AvgIpc) is 2.16. The van der Waals surface area contributed by atoms with Crippen LogP contribution in [0.5, 0.6) is 0 Å². The Hall–Kier alpha value is -0.960. The van der Waals surface area contributed by atoms with Crippen LogP contribution in [0.3, 0.4) is 0 Å². The Kier molecular flexibility index (Phi) is 3.17. The van der Waals surface area contributed by atoms with E-state index < -0.39 is 0 Å². The zero-order valence-corrected chi connectivity index (χ0v) is 7.76. The highest BCUT2D eigenvalue weighted by Gasteiger charge is 2.12. The third kappa shape index (κ3) is 1.80. The van der Waals surface area contributed by atoms with Gasteiger partial charge in [-0.2, -0.15) is 0 Å². The van der Waals surface area contributed by atoms with Crippen molar-refractivity contribution in [3.05, 3.63) is 24.0 Å². The van der Waals surface area contributed by atoms with Crippen LogP contribution >= 0.6 is 0 Å². The van der Waals surface area contributed by atoms with E-state index >= 15 is 0 Å². The third-order valence-electron chi connectivity index (χ3n) is 2.05. The zero-order chi connectivity index (χ0) is 8.97. The third-order valence-corrected chi connectivity index (χ3v) is 2.05. The lowest BCUT2D eigenvalue weighted by Crippen LogP contribution is -2.32. The van der Waals surface area contributed by atoms with Gasteiger partial charge in [-0.25, -0.2) is 5.06 Å². The van der Waals surface area contributed by atoms with Crippen molar-refractivity contribution in [2.45, 2.75) is 12.8 Å². The summed E-state index contributed by atoms with van der Waals surface area (Å²) in [6, 6.07) is 0. The molecule has 0 atom stereocenters. The molecule has 12 heavy (non-hydrogen) atoms. The first kappa shape index (κ1) is 9.13. The van der Waals surface area contributed by atoms with Crippen LogP contribution in [0.1, 0.15) is 12.8 Å². The summed E-state index contributed by atoms with van der Waals surface area (Å²) in [4.78, 5) is 5.09. The van der Waals surface area contributed by atoms with Gasteiger partial charge in [0.25, 0.3) is 0 Å². The maximum Gasteiger partial charge on any atom is 0.129 e. The van der Waals surface area contributed by atoms with Gasteiger partial charge in [-0.15, -0.1) is 0 Å². The number of hydroxylamine groups is 2. The van der Waals surface area contributed by atoms with Gasteiger partial charge in [-0.1, -0.05) is 12.7 Å². The molecule has 0 spiro atoms. The van der Waals surface area contributed by atoms with Gasteiger partial charge < -0.3 is 5.32 Å². The van der Waals surface area contributed by atoms with Crippen LogP contribution in [0.4, 0.5) is 0 Å². The largest absolute Gasteiger partial charge is 0.370 e. The van der Waals surface area contributed by atoms with Gasteiger partial charge in [-0.05, 0) is 18.4 Å². The molecule has 0 aromatic carbocycles. The lowest BCUT2D eigenvalue weighted by atomic mass is 10.1. The van der Waals surface area contributed by atoms with Crippen molar-refractivity contribution in [3.63, 3.8) is 0 Å². The molecular weight excluding hydrogens is 152 g/mol. The second kappa shape index (κ2) is 4.16. The Bertz CT molecular complexity index is 199. The Morgan fingerprint density at radius 3 is 3.00 bits per heavy atom. The molecule has 0 aliphatic carbocycles. The number of rotatable bonds is 3. The molecule has 68 valence electrons. The van der Waals surface area contributed by atoms with Crippen LogP contribution in [0.2, 0.25) is 0 Å². The van der Waals surface area contributed by atoms with Gasteiger partial charge in [0.05, 0.1) is 7.11 Å². The van der Waals surface area contributed by atoms with Crippen LogP contribution in [-0.2, 0) is 4.84 Å². The first-order valence-electron chi connectivity index (χ1n) is 4.17. The highest BCUT2D eigenvalue weighted by molar-refractivity contribution is 5.23. The molecule has 3 nitrogen and oxygen atoms in total.